The molecule has 4 nitrogen and oxygen atoms in total. The molecule has 0 amide bonds. The number of anilines is 1. The fourth-order valence-electron chi connectivity index (χ4n) is 1.76. The summed E-state index contributed by atoms with van der Waals surface area (Å²) < 4.78 is 22.6. The van der Waals surface area contributed by atoms with Gasteiger partial charge in [-0.3, -0.25) is 0 Å². The zero-order chi connectivity index (χ0) is 14.0. The Balaban J connectivity index is 2.07. The lowest BCUT2D eigenvalue weighted by atomic mass is 10.2. The van der Waals surface area contributed by atoms with Crippen LogP contribution in [-0.2, 0) is 16.4 Å². The van der Waals surface area contributed by atoms with Crippen molar-refractivity contribution >= 4 is 26.9 Å². The van der Waals surface area contributed by atoms with E-state index in [9.17, 15) is 8.42 Å². The Bertz CT molecular complexity index is 673. The lowest BCUT2D eigenvalue weighted by molar-refractivity contribution is 0.598. The SMILES string of the molecule is Cc1cc(CNc2ccc(S(C)(=O)=O)nc2)c(C)s1. The fourth-order valence-corrected chi connectivity index (χ4v) is 3.27. The quantitative estimate of drug-likeness (QED) is 0.942. The molecule has 2 aromatic rings. The number of nitrogens with one attached hydrogen (secondary N) is 1. The molecular weight excluding hydrogens is 280 g/mol. The van der Waals surface area contributed by atoms with Crippen molar-refractivity contribution < 1.29 is 8.42 Å². The summed E-state index contributed by atoms with van der Waals surface area (Å²) in [6.07, 6.45) is 2.70. The largest absolute Gasteiger partial charge is 0.380 e. The molecule has 6 heteroatoms. The van der Waals surface area contributed by atoms with E-state index in [-0.39, 0.29) is 5.03 Å². The average molecular weight is 296 g/mol. The minimum atomic E-state index is -3.23. The Morgan fingerprint density at radius 1 is 1.32 bits per heavy atom. The molecule has 19 heavy (non-hydrogen) atoms. The first-order valence-corrected chi connectivity index (χ1v) is 8.53. The van der Waals surface area contributed by atoms with Crippen LogP contribution in [0, 0.1) is 13.8 Å². The maximum Gasteiger partial charge on any atom is 0.192 e. The van der Waals surface area contributed by atoms with Crippen LogP contribution in [0.25, 0.3) is 0 Å². The minimum absolute atomic E-state index is 0.0978. The van der Waals surface area contributed by atoms with Gasteiger partial charge in [0, 0.05) is 22.6 Å². The summed E-state index contributed by atoms with van der Waals surface area (Å²) >= 11 is 1.78. The number of aryl methyl sites for hydroxylation is 2. The number of hydrogen-bond acceptors (Lipinski definition) is 5. The van der Waals surface area contributed by atoms with Crippen LogP contribution in [0.5, 0.6) is 0 Å². The van der Waals surface area contributed by atoms with Crippen LogP contribution >= 0.6 is 11.3 Å². The molecule has 2 rings (SSSR count). The summed E-state index contributed by atoms with van der Waals surface area (Å²) in [6.45, 7) is 4.90. The third-order valence-electron chi connectivity index (χ3n) is 2.74. The molecule has 0 fully saturated rings. The fraction of sp³-hybridized carbons (Fsp3) is 0.308. The van der Waals surface area contributed by atoms with E-state index in [0.29, 0.717) is 0 Å². The second-order valence-electron chi connectivity index (χ2n) is 4.45. The van der Waals surface area contributed by atoms with Gasteiger partial charge in [0.1, 0.15) is 0 Å². The van der Waals surface area contributed by atoms with Crippen LogP contribution < -0.4 is 5.32 Å². The van der Waals surface area contributed by atoms with Crippen LogP contribution in [0.3, 0.4) is 0 Å². The summed E-state index contributed by atoms with van der Waals surface area (Å²) in [7, 11) is -3.23. The lowest BCUT2D eigenvalue weighted by Gasteiger charge is -2.06. The predicted molar refractivity (Wildman–Crippen MR) is 78.5 cm³/mol. The molecule has 0 aliphatic carbocycles. The highest BCUT2D eigenvalue weighted by atomic mass is 32.2. The molecule has 0 saturated heterocycles. The van der Waals surface area contributed by atoms with Crippen molar-refractivity contribution in [2.75, 3.05) is 11.6 Å². The van der Waals surface area contributed by atoms with Gasteiger partial charge < -0.3 is 5.32 Å². The molecular formula is C13H16N2O2S2. The maximum absolute atomic E-state index is 11.3. The molecule has 0 radical (unpaired) electrons. The molecule has 102 valence electrons. The second kappa shape index (κ2) is 5.30. The predicted octanol–water partition coefficient (Wildman–Crippen LogP) is 2.78. The van der Waals surface area contributed by atoms with Gasteiger partial charge >= 0.3 is 0 Å². The van der Waals surface area contributed by atoms with Gasteiger partial charge in [0.25, 0.3) is 0 Å². The van der Waals surface area contributed by atoms with E-state index in [1.54, 1.807) is 23.6 Å². The normalized spacial score (nSPS) is 11.5. The molecule has 0 aliphatic heterocycles. The van der Waals surface area contributed by atoms with Gasteiger partial charge in [0.05, 0.1) is 11.9 Å². The van der Waals surface area contributed by atoms with Crippen LogP contribution in [0.4, 0.5) is 5.69 Å². The number of hydrogen-bond donors (Lipinski definition) is 1. The van der Waals surface area contributed by atoms with E-state index >= 15 is 0 Å². The molecule has 1 N–H and O–H groups in total. The number of aromatic nitrogens is 1. The minimum Gasteiger partial charge on any atom is -0.380 e. The van der Waals surface area contributed by atoms with Gasteiger partial charge in [-0.25, -0.2) is 13.4 Å². The van der Waals surface area contributed by atoms with Crippen LogP contribution in [0.15, 0.2) is 29.4 Å². The standard InChI is InChI=1S/C13H16N2O2S2/c1-9-6-11(10(2)18-9)7-14-12-4-5-13(15-8-12)19(3,16)17/h4-6,8,14H,7H2,1-3H3. The Kier molecular flexibility index (Phi) is 3.91. The van der Waals surface area contributed by atoms with E-state index in [1.165, 1.54) is 21.4 Å². The average Bonchev–Trinajstić information content (AvgIpc) is 2.65. The highest BCUT2D eigenvalue weighted by Gasteiger charge is 2.08. The number of sulfone groups is 1. The number of thiophene rings is 1. The molecule has 0 saturated carbocycles. The van der Waals surface area contributed by atoms with Crippen LogP contribution in [0.1, 0.15) is 15.3 Å². The summed E-state index contributed by atoms with van der Waals surface area (Å²) in [5, 5.41) is 3.34. The van der Waals surface area contributed by atoms with E-state index in [2.05, 4.69) is 30.2 Å². The summed E-state index contributed by atoms with van der Waals surface area (Å²) in [5.41, 5.74) is 2.07. The first-order chi connectivity index (χ1) is 8.86. The topological polar surface area (TPSA) is 59.1 Å². The van der Waals surface area contributed by atoms with Crippen molar-refractivity contribution in [3.63, 3.8) is 0 Å². The van der Waals surface area contributed by atoms with Crippen molar-refractivity contribution in [2.45, 2.75) is 25.4 Å². The number of pyridine rings is 1. The van der Waals surface area contributed by atoms with Gasteiger partial charge in [-0.05, 0) is 37.6 Å². The summed E-state index contributed by atoms with van der Waals surface area (Å²) in [5.74, 6) is 0. The molecule has 0 unspecified atom stereocenters. The van der Waals surface area contributed by atoms with Crippen molar-refractivity contribution in [1.29, 1.82) is 0 Å². The third-order valence-corrected chi connectivity index (χ3v) is 4.75. The molecule has 0 bridgehead atoms. The maximum atomic E-state index is 11.3. The van der Waals surface area contributed by atoms with Crippen molar-refractivity contribution in [2.24, 2.45) is 0 Å². The monoisotopic (exact) mass is 296 g/mol. The van der Waals surface area contributed by atoms with E-state index in [0.717, 1.165) is 18.5 Å². The van der Waals surface area contributed by atoms with Gasteiger partial charge in [0.2, 0.25) is 0 Å². The zero-order valence-corrected chi connectivity index (χ0v) is 12.7. The smallest absolute Gasteiger partial charge is 0.192 e. The van der Waals surface area contributed by atoms with Crippen molar-refractivity contribution in [1.82, 2.24) is 4.98 Å². The first kappa shape index (κ1) is 14.0. The van der Waals surface area contributed by atoms with E-state index in [1.807, 2.05) is 0 Å². The molecule has 0 atom stereocenters. The highest BCUT2D eigenvalue weighted by Crippen LogP contribution is 2.21. The van der Waals surface area contributed by atoms with E-state index < -0.39 is 9.84 Å². The Hall–Kier alpha value is -1.40. The molecule has 2 heterocycles. The highest BCUT2D eigenvalue weighted by molar-refractivity contribution is 7.90. The van der Waals surface area contributed by atoms with Gasteiger partial charge in [-0.15, -0.1) is 11.3 Å². The Labute approximate surface area is 117 Å². The Morgan fingerprint density at radius 2 is 2.05 bits per heavy atom. The van der Waals surface area contributed by atoms with Gasteiger partial charge in [0.15, 0.2) is 14.9 Å². The summed E-state index contributed by atoms with van der Waals surface area (Å²) in [4.78, 5) is 6.53. The number of nitrogens with zero attached hydrogens (tertiary/aromatic N) is 1. The lowest BCUT2D eigenvalue weighted by Crippen LogP contribution is -2.03. The molecule has 2 aromatic heterocycles. The molecule has 0 aliphatic rings. The third kappa shape index (κ3) is 3.54. The van der Waals surface area contributed by atoms with Crippen molar-refractivity contribution in [3.05, 3.63) is 39.7 Å². The van der Waals surface area contributed by atoms with Crippen LogP contribution in [0.2, 0.25) is 0 Å². The van der Waals surface area contributed by atoms with E-state index in [4.69, 9.17) is 0 Å². The van der Waals surface area contributed by atoms with Crippen LogP contribution in [-0.4, -0.2) is 19.7 Å². The second-order valence-corrected chi connectivity index (χ2v) is 7.87. The zero-order valence-electron chi connectivity index (χ0n) is 11.1. The number of rotatable bonds is 4. The van der Waals surface area contributed by atoms with Gasteiger partial charge in [-0.2, -0.15) is 0 Å². The van der Waals surface area contributed by atoms with Crippen molar-refractivity contribution in [3.8, 4) is 0 Å². The summed E-state index contributed by atoms with van der Waals surface area (Å²) in [6, 6.07) is 5.41. The molecule has 0 spiro atoms. The molecule has 0 aromatic carbocycles. The Morgan fingerprint density at radius 3 is 2.53 bits per heavy atom. The van der Waals surface area contributed by atoms with Gasteiger partial charge in [-0.1, -0.05) is 0 Å². The first-order valence-electron chi connectivity index (χ1n) is 5.82.